The normalized spacial score (nSPS) is 18.2. The lowest BCUT2D eigenvalue weighted by Gasteiger charge is -2.08. The van der Waals surface area contributed by atoms with Crippen LogP contribution in [0.5, 0.6) is 0 Å². The molecule has 3 rings (SSSR count). The van der Waals surface area contributed by atoms with Crippen molar-refractivity contribution in [1.82, 2.24) is 10.9 Å². The molecular weight excluding hydrogens is 379 g/mol. The molecule has 2 aromatic rings. The van der Waals surface area contributed by atoms with E-state index in [-0.39, 0.29) is 17.2 Å². The van der Waals surface area contributed by atoms with Gasteiger partial charge in [-0.2, -0.15) is 13.2 Å². The van der Waals surface area contributed by atoms with Gasteiger partial charge in [0.2, 0.25) is 5.91 Å². The summed E-state index contributed by atoms with van der Waals surface area (Å²) in [6, 6.07) is 9.46. The van der Waals surface area contributed by atoms with E-state index in [1.54, 1.807) is 0 Å². The van der Waals surface area contributed by atoms with E-state index in [1.807, 2.05) is 0 Å². The Morgan fingerprint density at radius 1 is 1.00 bits per heavy atom. The molecule has 0 heterocycles. The maximum Gasteiger partial charge on any atom is 0.416 e. The Hall–Kier alpha value is -3.43. The zero-order valence-electron chi connectivity index (χ0n) is 14.2. The zero-order chi connectivity index (χ0) is 20.5. The summed E-state index contributed by atoms with van der Waals surface area (Å²) in [5.74, 6) is -1.76. The van der Waals surface area contributed by atoms with Gasteiger partial charge in [-0.05, 0) is 42.2 Å². The van der Waals surface area contributed by atoms with Gasteiger partial charge in [-0.25, -0.2) is 0 Å². The quantitative estimate of drug-likeness (QED) is 0.615. The average molecular weight is 393 g/mol. The number of nitro groups is 1. The Morgan fingerprint density at radius 3 is 2.14 bits per heavy atom. The number of carbonyl (C=O) groups excluding carboxylic acids is 2. The van der Waals surface area contributed by atoms with Gasteiger partial charge in [0.15, 0.2) is 0 Å². The minimum absolute atomic E-state index is 0.126. The first-order valence-electron chi connectivity index (χ1n) is 8.18. The highest BCUT2D eigenvalue weighted by atomic mass is 19.4. The van der Waals surface area contributed by atoms with E-state index in [1.165, 1.54) is 24.3 Å². The number of benzene rings is 2. The average Bonchev–Trinajstić information content (AvgIpc) is 3.46. The smallest absolute Gasteiger partial charge is 0.273 e. The Balaban J connectivity index is 1.52. The van der Waals surface area contributed by atoms with Gasteiger partial charge in [-0.15, -0.1) is 0 Å². The van der Waals surface area contributed by atoms with Gasteiger partial charge in [0, 0.05) is 23.6 Å². The summed E-state index contributed by atoms with van der Waals surface area (Å²) in [5, 5.41) is 10.6. The molecule has 0 spiro atoms. The number of halogens is 3. The second-order valence-electron chi connectivity index (χ2n) is 6.32. The Bertz CT molecular complexity index is 911. The molecular formula is C18H14F3N3O4. The number of amides is 2. The molecule has 0 aromatic heterocycles. The number of hydrogen-bond donors (Lipinski definition) is 2. The first-order chi connectivity index (χ1) is 13.2. The minimum Gasteiger partial charge on any atom is -0.273 e. The number of non-ortho nitro benzene ring substituents is 1. The Kier molecular flexibility index (Phi) is 5.04. The van der Waals surface area contributed by atoms with Gasteiger partial charge in [0.1, 0.15) is 0 Å². The van der Waals surface area contributed by atoms with Gasteiger partial charge >= 0.3 is 6.18 Å². The van der Waals surface area contributed by atoms with Crippen molar-refractivity contribution in [3.05, 3.63) is 75.3 Å². The van der Waals surface area contributed by atoms with Crippen molar-refractivity contribution in [2.24, 2.45) is 5.92 Å². The molecule has 1 saturated carbocycles. The highest BCUT2D eigenvalue weighted by Gasteiger charge is 2.44. The monoisotopic (exact) mass is 393 g/mol. The van der Waals surface area contributed by atoms with Crippen LogP contribution in [0, 0.1) is 16.0 Å². The molecule has 0 saturated heterocycles. The molecule has 1 aliphatic rings. The molecule has 0 aliphatic heterocycles. The zero-order valence-corrected chi connectivity index (χ0v) is 14.2. The number of nitrogens with zero attached hydrogens (tertiary/aromatic N) is 1. The highest BCUT2D eigenvalue weighted by Crippen LogP contribution is 2.47. The van der Waals surface area contributed by atoms with Crippen LogP contribution < -0.4 is 10.9 Å². The maximum atomic E-state index is 12.6. The molecule has 1 fully saturated rings. The molecule has 2 aromatic carbocycles. The topological polar surface area (TPSA) is 101 Å². The highest BCUT2D eigenvalue weighted by molar-refractivity contribution is 5.96. The number of alkyl halides is 3. The van der Waals surface area contributed by atoms with Crippen LogP contribution >= 0.6 is 0 Å². The van der Waals surface area contributed by atoms with E-state index in [0.29, 0.717) is 12.0 Å². The van der Waals surface area contributed by atoms with Gasteiger partial charge in [-0.3, -0.25) is 30.6 Å². The molecule has 28 heavy (non-hydrogen) atoms. The Morgan fingerprint density at radius 2 is 1.61 bits per heavy atom. The summed E-state index contributed by atoms with van der Waals surface area (Å²) < 4.78 is 37.7. The van der Waals surface area contributed by atoms with E-state index in [0.717, 1.165) is 24.3 Å². The van der Waals surface area contributed by atoms with Gasteiger partial charge < -0.3 is 0 Å². The van der Waals surface area contributed by atoms with Crippen LogP contribution in [0.4, 0.5) is 18.9 Å². The van der Waals surface area contributed by atoms with Crippen molar-refractivity contribution in [3.63, 3.8) is 0 Å². The van der Waals surface area contributed by atoms with Crippen molar-refractivity contribution in [2.75, 3.05) is 0 Å². The molecule has 7 nitrogen and oxygen atoms in total. The molecule has 2 atom stereocenters. The van der Waals surface area contributed by atoms with Crippen molar-refractivity contribution < 1.29 is 27.7 Å². The summed E-state index contributed by atoms with van der Waals surface area (Å²) in [5.41, 5.74) is 4.30. The summed E-state index contributed by atoms with van der Waals surface area (Å²) in [4.78, 5) is 34.0. The molecule has 10 heteroatoms. The van der Waals surface area contributed by atoms with Crippen LogP contribution in [0.3, 0.4) is 0 Å². The van der Waals surface area contributed by atoms with Crippen LogP contribution in [0.2, 0.25) is 0 Å². The van der Waals surface area contributed by atoms with Crippen LogP contribution in [0.1, 0.15) is 33.8 Å². The first kappa shape index (κ1) is 19.3. The SMILES string of the molecule is O=C(NNC(=O)C1CC1c1ccc(C(F)(F)F)cc1)c1ccc([N+](=O)[O-])cc1. The van der Waals surface area contributed by atoms with Crippen LogP contribution in [-0.4, -0.2) is 16.7 Å². The molecule has 146 valence electrons. The van der Waals surface area contributed by atoms with Crippen molar-refractivity contribution in [1.29, 1.82) is 0 Å². The van der Waals surface area contributed by atoms with Crippen molar-refractivity contribution in [3.8, 4) is 0 Å². The number of nitro benzene ring substituents is 1. The fourth-order valence-electron chi connectivity index (χ4n) is 2.79. The third-order valence-electron chi connectivity index (χ3n) is 4.43. The summed E-state index contributed by atoms with van der Waals surface area (Å²) >= 11 is 0. The number of carbonyl (C=O) groups is 2. The lowest BCUT2D eigenvalue weighted by atomic mass is 10.1. The Labute approximate surface area is 156 Å². The third-order valence-corrected chi connectivity index (χ3v) is 4.43. The number of rotatable bonds is 4. The van der Waals surface area contributed by atoms with Crippen LogP contribution in [-0.2, 0) is 11.0 Å². The first-order valence-corrected chi connectivity index (χ1v) is 8.18. The van der Waals surface area contributed by atoms with E-state index in [4.69, 9.17) is 0 Å². The molecule has 0 radical (unpaired) electrons. The summed E-state index contributed by atoms with van der Waals surface area (Å²) in [6.45, 7) is 0. The minimum atomic E-state index is -4.42. The van der Waals surface area contributed by atoms with Gasteiger partial charge in [0.25, 0.3) is 11.6 Å². The standard InChI is InChI=1S/C18H14F3N3O4/c19-18(20,21)12-5-1-10(2-6-12)14-9-15(14)17(26)23-22-16(25)11-3-7-13(8-4-11)24(27)28/h1-8,14-15H,9H2,(H,22,25)(H,23,26). The predicted octanol–water partition coefficient (Wildman–Crippen LogP) is 3.18. The molecule has 2 N–H and O–H groups in total. The fourth-order valence-corrected chi connectivity index (χ4v) is 2.79. The van der Waals surface area contributed by atoms with E-state index >= 15 is 0 Å². The molecule has 0 bridgehead atoms. The van der Waals surface area contributed by atoms with E-state index in [2.05, 4.69) is 10.9 Å². The van der Waals surface area contributed by atoms with E-state index in [9.17, 15) is 32.9 Å². The maximum absolute atomic E-state index is 12.6. The van der Waals surface area contributed by atoms with Gasteiger partial charge in [-0.1, -0.05) is 12.1 Å². The number of hydrazine groups is 1. The summed E-state index contributed by atoms with van der Waals surface area (Å²) in [7, 11) is 0. The largest absolute Gasteiger partial charge is 0.416 e. The van der Waals surface area contributed by atoms with E-state index < -0.39 is 34.4 Å². The van der Waals surface area contributed by atoms with Crippen molar-refractivity contribution in [2.45, 2.75) is 18.5 Å². The van der Waals surface area contributed by atoms with Crippen LogP contribution in [0.25, 0.3) is 0 Å². The number of hydrogen-bond acceptors (Lipinski definition) is 4. The lowest BCUT2D eigenvalue weighted by Crippen LogP contribution is -2.42. The second-order valence-corrected chi connectivity index (χ2v) is 6.32. The predicted molar refractivity (Wildman–Crippen MR) is 91.0 cm³/mol. The van der Waals surface area contributed by atoms with Crippen molar-refractivity contribution >= 4 is 17.5 Å². The fraction of sp³-hybridized carbons (Fsp3) is 0.222. The molecule has 2 unspecified atom stereocenters. The second kappa shape index (κ2) is 7.29. The molecule has 1 aliphatic carbocycles. The lowest BCUT2D eigenvalue weighted by molar-refractivity contribution is -0.384. The number of nitrogens with one attached hydrogen (secondary N) is 2. The van der Waals surface area contributed by atoms with Crippen LogP contribution in [0.15, 0.2) is 48.5 Å². The summed E-state index contributed by atoms with van der Waals surface area (Å²) in [6.07, 6.45) is -3.95. The molecule has 2 amide bonds. The van der Waals surface area contributed by atoms with Gasteiger partial charge in [0.05, 0.1) is 10.5 Å². The third kappa shape index (κ3) is 4.27.